The second kappa shape index (κ2) is 9.72. The van der Waals surface area contributed by atoms with Crippen molar-refractivity contribution in [1.29, 1.82) is 0 Å². The van der Waals surface area contributed by atoms with E-state index in [1.54, 1.807) is 13.0 Å². The zero-order chi connectivity index (χ0) is 14.7. The smallest absolute Gasteiger partial charge is 0.288 e. The minimum absolute atomic E-state index is 0.0202. The monoisotopic (exact) mass is 261 g/mol. The van der Waals surface area contributed by atoms with Crippen LogP contribution in [-0.2, 0) is 9.59 Å². The molecule has 4 heteroatoms. The molecule has 2 N–H and O–H groups in total. The quantitative estimate of drug-likeness (QED) is 0.333. The molecular formula is C15H19NO3. The van der Waals surface area contributed by atoms with Gasteiger partial charge in [-0.15, -0.1) is 0 Å². The third-order valence-corrected chi connectivity index (χ3v) is 2.09. The van der Waals surface area contributed by atoms with E-state index in [4.69, 9.17) is 0 Å². The first-order valence-corrected chi connectivity index (χ1v) is 6.07. The van der Waals surface area contributed by atoms with E-state index in [1.165, 1.54) is 6.08 Å². The van der Waals surface area contributed by atoms with Crippen molar-refractivity contribution in [2.24, 2.45) is 0 Å². The minimum atomic E-state index is -0.645. The molecule has 0 saturated carbocycles. The summed E-state index contributed by atoms with van der Waals surface area (Å²) in [5, 5.41) is 11.9. The van der Waals surface area contributed by atoms with Crippen LogP contribution in [0.2, 0.25) is 0 Å². The molecule has 102 valence electrons. The number of carbonyl (C=O) groups is 2. The highest BCUT2D eigenvalue weighted by atomic mass is 16.3. The van der Waals surface area contributed by atoms with Gasteiger partial charge in [-0.05, 0) is 12.5 Å². The lowest BCUT2D eigenvalue weighted by molar-refractivity contribution is -0.137. The van der Waals surface area contributed by atoms with E-state index in [0.717, 1.165) is 6.42 Å². The number of amides is 1. The van der Waals surface area contributed by atoms with Crippen molar-refractivity contribution in [1.82, 2.24) is 5.32 Å². The molecule has 0 aliphatic rings. The second-order valence-electron chi connectivity index (χ2n) is 3.63. The predicted octanol–water partition coefficient (Wildman–Crippen LogP) is 2.05. The predicted molar refractivity (Wildman–Crippen MR) is 75.4 cm³/mol. The van der Waals surface area contributed by atoms with Crippen molar-refractivity contribution in [3.05, 3.63) is 36.1 Å². The zero-order valence-corrected chi connectivity index (χ0v) is 11.3. The average Bonchev–Trinajstić information content (AvgIpc) is 2.42. The van der Waals surface area contributed by atoms with Gasteiger partial charge < -0.3 is 10.4 Å². The van der Waals surface area contributed by atoms with Gasteiger partial charge in [0.25, 0.3) is 5.91 Å². The van der Waals surface area contributed by atoms with Gasteiger partial charge in [0.05, 0.1) is 12.1 Å². The molecule has 0 atom stereocenters. The number of ketones is 1. The molecule has 0 bridgehead atoms. The van der Waals surface area contributed by atoms with E-state index in [2.05, 4.69) is 23.7 Å². The van der Waals surface area contributed by atoms with Crippen LogP contribution in [0.3, 0.4) is 0 Å². The van der Waals surface area contributed by atoms with Crippen molar-refractivity contribution in [2.75, 3.05) is 6.54 Å². The molecule has 1 amide bonds. The van der Waals surface area contributed by atoms with Crippen molar-refractivity contribution in [2.45, 2.75) is 26.7 Å². The highest BCUT2D eigenvalue weighted by Crippen LogP contribution is 2.02. The Hall–Kier alpha value is -2.28. The van der Waals surface area contributed by atoms with Gasteiger partial charge in [0.2, 0.25) is 5.78 Å². The summed E-state index contributed by atoms with van der Waals surface area (Å²) in [6.07, 6.45) is 6.13. The first-order chi connectivity index (χ1) is 9.02. The maximum atomic E-state index is 11.1. The van der Waals surface area contributed by atoms with E-state index in [1.807, 2.05) is 13.0 Å². The Morgan fingerprint density at radius 1 is 1.37 bits per heavy atom. The maximum Gasteiger partial charge on any atom is 0.288 e. The van der Waals surface area contributed by atoms with E-state index < -0.39 is 11.7 Å². The summed E-state index contributed by atoms with van der Waals surface area (Å²) in [5.74, 6) is 4.06. The summed E-state index contributed by atoms with van der Waals surface area (Å²) < 4.78 is 0. The maximum absolute atomic E-state index is 11.1. The molecule has 0 aliphatic carbocycles. The van der Waals surface area contributed by atoms with Crippen LogP contribution < -0.4 is 5.32 Å². The molecule has 0 aromatic carbocycles. The van der Waals surface area contributed by atoms with Crippen LogP contribution in [0.4, 0.5) is 0 Å². The van der Waals surface area contributed by atoms with Crippen LogP contribution in [0.5, 0.6) is 0 Å². The summed E-state index contributed by atoms with van der Waals surface area (Å²) in [5.41, 5.74) is 0.261. The van der Waals surface area contributed by atoms with E-state index in [0.29, 0.717) is 0 Å². The number of allylic oxidation sites excluding steroid dienone is 4. The number of hydrogen-bond donors (Lipinski definition) is 2. The van der Waals surface area contributed by atoms with Crippen LogP contribution >= 0.6 is 0 Å². The topological polar surface area (TPSA) is 66.4 Å². The van der Waals surface area contributed by atoms with Gasteiger partial charge in [0.1, 0.15) is 5.76 Å². The van der Waals surface area contributed by atoms with Gasteiger partial charge in [0.15, 0.2) is 0 Å². The number of nitrogens with one attached hydrogen (secondary N) is 1. The molecule has 19 heavy (non-hydrogen) atoms. The molecule has 0 aromatic rings. The SMILES string of the molecule is C=C(C#CCNC(=O)C(=O)CC)/C(O)=C\C=C/CC. The minimum Gasteiger partial charge on any atom is -0.507 e. The summed E-state index contributed by atoms with van der Waals surface area (Å²) in [6.45, 7) is 7.23. The lowest BCUT2D eigenvalue weighted by atomic mass is 10.2. The molecule has 0 aromatic heterocycles. The van der Waals surface area contributed by atoms with Gasteiger partial charge in [-0.2, -0.15) is 0 Å². The van der Waals surface area contributed by atoms with Crippen molar-refractivity contribution in [3.63, 3.8) is 0 Å². The van der Waals surface area contributed by atoms with Crippen LogP contribution in [0.15, 0.2) is 36.1 Å². The lowest BCUT2D eigenvalue weighted by Gasteiger charge is -1.97. The first kappa shape index (κ1) is 16.7. The number of aliphatic hydroxyl groups excluding tert-OH is 1. The number of carbonyl (C=O) groups excluding carboxylic acids is 2. The molecule has 0 fully saturated rings. The Kier molecular flexibility index (Phi) is 8.55. The van der Waals surface area contributed by atoms with Crippen LogP contribution in [0.25, 0.3) is 0 Å². The van der Waals surface area contributed by atoms with Gasteiger partial charge in [0, 0.05) is 6.42 Å². The summed E-state index contributed by atoms with van der Waals surface area (Å²) in [4.78, 5) is 22.1. The third kappa shape index (κ3) is 7.61. The van der Waals surface area contributed by atoms with Gasteiger partial charge in [-0.1, -0.05) is 44.4 Å². The fraction of sp³-hybridized carbons (Fsp3) is 0.333. The molecular weight excluding hydrogens is 242 g/mol. The molecule has 0 spiro atoms. The Morgan fingerprint density at radius 3 is 2.63 bits per heavy atom. The van der Waals surface area contributed by atoms with E-state index in [-0.39, 0.29) is 24.3 Å². The summed E-state index contributed by atoms with van der Waals surface area (Å²) in [6, 6.07) is 0. The number of rotatable bonds is 6. The Balaban J connectivity index is 4.26. The number of hydrogen-bond acceptors (Lipinski definition) is 3. The largest absolute Gasteiger partial charge is 0.507 e. The summed E-state index contributed by atoms with van der Waals surface area (Å²) >= 11 is 0. The van der Waals surface area contributed by atoms with E-state index in [9.17, 15) is 14.7 Å². The Morgan fingerprint density at radius 2 is 2.05 bits per heavy atom. The summed E-state index contributed by atoms with van der Waals surface area (Å²) in [7, 11) is 0. The molecule has 0 aliphatic heterocycles. The third-order valence-electron chi connectivity index (χ3n) is 2.09. The highest BCUT2D eigenvalue weighted by molar-refractivity contribution is 6.36. The van der Waals surface area contributed by atoms with Gasteiger partial charge in [-0.25, -0.2) is 0 Å². The normalized spacial score (nSPS) is 10.7. The molecule has 0 unspecified atom stereocenters. The molecule has 0 rings (SSSR count). The van der Waals surface area contributed by atoms with Crippen LogP contribution in [-0.4, -0.2) is 23.3 Å². The van der Waals surface area contributed by atoms with E-state index >= 15 is 0 Å². The van der Waals surface area contributed by atoms with Crippen molar-refractivity contribution in [3.8, 4) is 11.8 Å². The Bertz CT molecular complexity index is 462. The number of aliphatic hydroxyl groups is 1. The molecule has 0 saturated heterocycles. The zero-order valence-electron chi connectivity index (χ0n) is 11.3. The molecule has 0 heterocycles. The van der Waals surface area contributed by atoms with Crippen molar-refractivity contribution < 1.29 is 14.7 Å². The first-order valence-electron chi connectivity index (χ1n) is 6.07. The van der Waals surface area contributed by atoms with Gasteiger partial charge >= 0.3 is 0 Å². The van der Waals surface area contributed by atoms with Crippen LogP contribution in [0.1, 0.15) is 26.7 Å². The Labute approximate surface area is 113 Å². The lowest BCUT2D eigenvalue weighted by Crippen LogP contribution is -2.30. The fourth-order valence-electron chi connectivity index (χ4n) is 0.994. The number of Topliss-reactive ketones (excluding diaryl/α,β-unsaturated/α-hetero) is 1. The standard InChI is InChI=1S/C15H19NO3/c1-4-6-7-10-14(18)12(3)9-8-11-16-15(19)13(17)5-2/h6-7,10,18H,3-5,11H2,1-2H3,(H,16,19)/b7-6-,14-10+. The van der Waals surface area contributed by atoms with Crippen LogP contribution in [0, 0.1) is 11.8 Å². The van der Waals surface area contributed by atoms with Gasteiger partial charge in [-0.3, -0.25) is 9.59 Å². The fourth-order valence-corrected chi connectivity index (χ4v) is 0.994. The molecule has 0 radical (unpaired) electrons. The highest BCUT2D eigenvalue weighted by Gasteiger charge is 2.08. The molecule has 4 nitrogen and oxygen atoms in total. The average molecular weight is 261 g/mol. The van der Waals surface area contributed by atoms with Crippen molar-refractivity contribution >= 4 is 11.7 Å². The second-order valence-corrected chi connectivity index (χ2v) is 3.63.